The molecule has 3 nitrogen and oxygen atoms in total. The monoisotopic (exact) mass is 248 g/mol. The summed E-state index contributed by atoms with van der Waals surface area (Å²) in [6, 6.07) is 8.93. The summed E-state index contributed by atoms with van der Waals surface area (Å²) < 4.78 is 5.22. The molecule has 0 aromatic heterocycles. The first-order chi connectivity index (χ1) is 8.80. The number of nitrogens with zero attached hydrogens (tertiary/aromatic N) is 1. The summed E-state index contributed by atoms with van der Waals surface area (Å²) in [7, 11) is 1.71. The van der Waals surface area contributed by atoms with Gasteiger partial charge in [0.1, 0.15) is 5.75 Å². The van der Waals surface area contributed by atoms with Gasteiger partial charge in [-0.25, -0.2) is 0 Å². The van der Waals surface area contributed by atoms with E-state index in [4.69, 9.17) is 10.5 Å². The summed E-state index contributed by atoms with van der Waals surface area (Å²) in [5, 5.41) is 0. The molecule has 1 aromatic rings. The lowest BCUT2D eigenvalue weighted by Crippen LogP contribution is -2.41. The Morgan fingerprint density at radius 1 is 1.33 bits per heavy atom. The summed E-state index contributed by atoms with van der Waals surface area (Å²) in [6.07, 6.45) is 2.51. The Morgan fingerprint density at radius 2 is 2.06 bits per heavy atom. The number of benzene rings is 1. The molecular formula is C15H24N2O. The second-order valence-electron chi connectivity index (χ2n) is 4.98. The largest absolute Gasteiger partial charge is 0.497 e. The van der Waals surface area contributed by atoms with Crippen LogP contribution in [0.1, 0.15) is 31.4 Å². The van der Waals surface area contributed by atoms with Crippen molar-refractivity contribution in [2.75, 3.05) is 26.7 Å². The van der Waals surface area contributed by atoms with Crippen molar-refractivity contribution in [1.82, 2.24) is 4.90 Å². The highest BCUT2D eigenvalue weighted by molar-refractivity contribution is 5.29. The van der Waals surface area contributed by atoms with E-state index in [2.05, 4.69) is 24.0 Å². The topological polar surface area (TPSA) is 38.5 Å². The Hall–Kier alpha value is -1.06. The smallest absolute Gasteiger partial charge is 0.118 e. The van der Waals surface area contributed by atoms with Gasteiger partial charge < -0.3 is 10.5 Å². The fourth-order valence-electron chi connectivity index (χ4n) is 3.04. The molecule has 2 N–H and O–H groups in total. The van der Waals surface area contributed by atoms with Gasteiger partial charge in [0.2, 0.25) is 0 Å². The van der Waals surface area contributed by atoms with Gasteiger partial charge in [0, 0.05) is 6.04 Å². The third kappa shape index (κ3) is 2.68. The van der Waals surface area contributed by atoms with E-state index in [1.54, 1.807) is 7.11 Å². The molecule has 2 unspecified atom stereocenters. The van der Waals surface area contributed by atoms with Gasteiger partial charge in [0.05, 0.1) is 7.11 Å². The lowest BCUT2D eigenvalue weighted by Gasteiger charge is -2.41. The molecule has 1 aliphatic heterocycles. The van der Waals surface area contributed by atoms with Gasteiger partial charge >= 0.3 is 0 Å². The lowest BCUT2D eigenvalue weighted by atomic mass is 9.84. The summed E-state index contributed by atoms with van der Waals surface area (Å²) in [6.45, 7) is 5.28. The second-order valence-corrected chi connectivity index (χ2v) is 4.98. The standard InChI is InChI=1S/C15H24N2O/c1-3-17-10-4-5-13(11-16)15(17)12-6-8-14(18-2)9-7-12/h6-9,13,15H,3-5,10-11,16H2,1-2H3. The molecule has 0 radical (unpaired) electrons. The maximum absolute atomic E-state index is 5.95. The zero-order valence-electron chi connectivity index (χ0n) is 11.4. The molecule has 0 spiro atoms. The Labute approximate surface area is 110 Å². The maximum atomic E-state index is 5.95. The predicted molar refractivity (Wildman–Crippen MR) is 74.8 cm³/mol. The number of methoxy groups -OCH3 is 1. The van der Waals surface area contributed by atoms with Crippen LogP contribution < -0.4 is 10.5 Å². The molecule has 1 aromatic carbocycles. The van der Waals surface area contributed by atoms with Gasteiger partial charge in [-0.05, 0) is 56.1 Å². The van der Waals surface area contributed by atoms with E-state index in [-0.39, 0.29) is 0 Å². The Kier molecular flexibility index (Phi) is 4.61. The van der Waals surface area contributed by atoms with Crippen molar-refractivity contribution >= 4 is 0 Å². The molecule has 2 rings (SSSR count). The number of likely N-dealkylation sites (tertiary alicyclic amines) is 1. The van der Waals surface area contributed by atoms with Crippen LogP contribution in [0.4, 0.5) is 0 Å². The zero-order chi connectivity index (χ0) is 13.0. The lowest BCUT2D eigenvalue weighted by molar-refractivity contribution is 0.102. The van der Waals surface area contributed by atoms with Crippen molar-refractivity contribution in [1.29, 1.82) is 0 Å². The molecule has 2 atom stereocenters. The summed E-state index contributed by atoms with van der Waals surface area (Å²) in [5.74, 6) is 1.49. The SMILES string of the molecule is CCN1CCCC(CN)C1c1ccc(OC)cc1. The third-order valence-corrected chi connectivity index (χ3v) is 4.03. The molecule has 0 amide bonds. The molecule has 0 saturated carbocycles. The molecular weight excluding hydrogens is 224 g/mol. The van der Waals surface area contributed by atoms with Crippen molar-refractivity contribution in [2.24, 2.45) is 11.7 Å². The third-order valence-electron chi connectivity index (χ3n) is 4.03. The van der Waals surface area contributed by atoms with Crippen molar-refractivity contribution in [3.63, 3.8) is 0 Å². The minimum atomic E-state index is 0.472. The molecule has 1 heterocycles. The number of piperidine rings is 1. The Balaban J connectivity index is 2.24. The van der Waals surface area contributed by atoms with Gasteiger partial charge in [-0.1, -0.05) is 19.1 Å². The average molecular weight is 248 g/mol. The normalized spacial score (nSPS) is 25.1. The number of hydrogen-bond acceptors (Lipinski definition) is 3. The molecule has 0 aliphatic carbocycles. The second kappa shape index (κ2) is 6.21. The fourth-order valence-corrected chi connectivity index (χ4v) is 3.04. The van der Waals surface area contributed by atoms with E-state index in [9.17, 15) is 0 Å². The van der Waals surface area contributed by atoms with E-state index in [1.807, 2.05) is 12.1 Å². The highest BCUT2D eigenvalue weighted by atomic mass is 16.5. The summed E-state index contributed by atoms with van der Waals surface area (Å²) >= 11 is 0. The minimum absolute atomic E-state index is 0.472. The van der Waals surface area contributed by atoms with Crippen LogP contribution in [0.3, 0.4) is 0 Å². The van der Waals surface area contributed by atoms with Crippen LogP contribution in [0.5, 0.6) is 5.75 Å². The Morgan fingerprint density at radius 3 is 2.61 bits per heavy atom. The zero-order valence-corrected chi connectivity index (χ0v) is 11.4. The molecule has 1 saturated heterocycles. The molecule has 18 heavy (non-hydrogen) atoms. The maximum Gasteiger partial charge on any atom is 0.118 e. The van der Waals surface area contributed by atoms with Crippen LogP contribution in [0.25, 0.3) is 0 Å². The average Bonchev–Trinajstić information content (AvgIpc) is 2.46. The number of ether oxygens (including phenoxy) is 1. The van der Waals surface area contributed by atoms with Crippen molar-refractivity contribution < 1.29 is 4.74 Å². The number of nitrogens with two attached hydrogens (primary N) is 1. The Bertz CT molecular complexity index is 351. The van der Waals surface area contributed by atoms with Gasteiger partial charge in [-0.2, -0.15) is 0 Å². The molecule has 1 aliphatic rings. The van der Waals surface area contributed by atoms with E-state index in [0.29, 0.717) is 12.0 Å². The highest BCUT2D eigenvalue weighted by Gasteiger charge is 2.30. The quantitative estimate of drug-likeness (QED) is 0.889. The summed E-state index contributed by atoms with van der Waals surface area (Å²) in [4.78, 5) is 2.54. The minimum Gasteiger partial charge on any atom is -0.497 e. The first kappa shape index (κ1) is 13.4. The molecule has 100 valence electrons. The fraction of sp³-hybridized carbons (Fsp3) is 0.600. The van der Waals surface area contributed by atoms with Crippen molar-refractivity contribution in [2.45, 2.75) is 25.8 Å². The van der Waals surface area contributed by atoms with Crippen LogP contribution in [-0.2, 0) is 0 Å². The van der Waals surface area contributed by atoms with Gasteiger partial charge in [-0.15, -0.1) is 0 Å². The van der Waals surface area contributed by atoms with Crippen LogP contribution in [0.15, 0.2) is 24.3 Å². The van der Waals surface area contributed by atoms with Gasteiger partial charge in [0.15, 0.2) is 0 Å². The molecule has 1 fully saturated rings. The highest BCUT2D eigenvalue weighted by Crippen LogP contribution is 2.35. The van der Waals surface area contributed by atoms with Crippen LogP contribution in [0.2, 0.25) is 0 Å². The number of hydrogen-bond donors (Lipinski definition) is 1. The van der Waals surface area contributed by atoms with Crippen molar-refractivity contribution in [3.05, 3.63) is 29.8 Å². The van der Waals surface area contributed by atoms with E-state index in [0.717, 1.165) is 18.8 Å². The van der Waals surface area contributed by atoms with Gasteiger partial charge in [0.25, 0.3) is 0 Å². The van der Waals surface area contributed by atoms with E-state index < -0.39 is 0 Å². The van der Waals surface area contributed by atoms with Crippen LogP contribution in [-0.4, -0.2) is 31.6 Å². The van der Waals surface area contributed by atoms with E-state index in [1.165, 1.54) is 24.9 Å². The first-order valence-electron chi connectivity index (χ1n) is 6.88. The van der Waals surface area contributed by atoms with Crippen molar-refractivity contribution in [3.8, 4) is 5.75 Å². The van der Waals surface area contributed by atoms with Gasteiger partial charge in [-0.3, -0.25) is 4.90 Å². The first-order valence-corrected chi connectivity index (χ1v) is 6.88. The summed E-state index contributed by atoms with van der Waals surface area (Å²) in [5.41, 5.74) is 7.32. The van der Waals surface area contributed by atoms with Crippen LogP contribution >= 0.6 is 0 Å². The van der Waals surface area contributed by atoms with Crippen LogP contribution in [0, 0.1) is 5.92 Å². The molecule has 0 bridgehead atoms. The molecule has 3 heteroatoms. The number of rotatable bonds is 4. The van der Waals surface area contributed by atoms with E-state index >= 15 is 0 Å². The predicted octanol–water partition coefficient (Wildman–Crippen LogP) is 2.43.